The number of aryl methyl sites for hydroxylation is 1. The van der Waals surface area contributed by atoms with Crippen LogP contribution >= 0.6 is 11.6 Å². The van der Waals surface area contributed by atoms with Crippen molar-refractivity contribution in [1.29, 1.82) is 0 Å². The number of rotatable bonds is 5. The highest BCUT2D eigenvalue weighted by Crippen LogP contribution is 2.26. The number of piperidine rings is 1. The SMILES string of the molecule is O=C(CCc1ccccc1)N1CCC(Oc2ccncc2Cl)CC1. The Morgan fingerprint density at radius 3 is 2.67 bits per heavy atom. The summed E-state index contributed by atoms with van der Waals surface area (Å²) in [6, 6.07) is 11.9. The number of carbonyl (C=O) groups is 1. The van der Waals surface area contributed by atoms with Crippen LogP contribution in [0, 0.1) is 0 Å². The second-order valence-corrected chi connectivity index (χ2v) is 6.40. The van der Waals surface area contributed by atoms with Gasteiger partial charge in [-0.1, -0.05) is 41.9 Å². The maximum atomic E-state index is 12.3. The van der Waals surface area contributed by atoms with E-state index in [1.54, 1.807) is 18.5 Å². The summed E-state index contributed by atoms with van der Waals surface area (Å²) in [7, 11) is 0. The van der Waals surface area contributed by atoms with Gasteiger partial charge in [-0.15, -0.1) is 0 Å². The number of hydrogen-bond donors (Lipinski definition) is 0. The number of carbonyl (C=O) groups excluding carboxylic acids is 1. The van der Waals surface area contributed by atoms with Crippen LogP contribution in [-0.4, -0.2) is 35.0 Å². The molecule has 0 unspecified atom stereocenters. The van der Waals surface area contributed by atoms with Crippen molar-refractivity contribution >= 4 is 17.5 Å². The topological polar surface area (TPSA) is 42.4 Å². The van der Waals surface area contributed by atoms with E-state index in [2.05, 4.69) is 17.1 Å². The Hall–Kier alpha value is -2.07. The molecule has 1 aliphatic rings. The highest BCUT2D eigenvalue weighted by atomic mass is 35.5. The van der Waals surface area contributed by atoms with Crippen LogP contribution < -0.4 is 4.74 Å². The zero-order valence-corrected chi connectivity index (χ0v) is 14.3. The largest absolute Gasteiger partial charge is 0.489 e. The van der Waals surface area contributed by atoms with Crippen molar-refractivity contribution in [1.82, 2.24) is 9.88 Å². The predicted molar refractivity (Wildman–Crippen MR) is 94.2 cm³/mol. The van der Waals surface area contributed by atoms with E-state index in [9.17, 15) is 4.79 Å². The van der Waals surface area contributed by atoms with Gasteiger partial charge in [0.1, 0.15) is 16.9 Å². The molecule has 0 saturated carbocycles. The zero-order valence-electron chi connectivity index (χ0n) is 13.5. The molecule has 1 aliphatic heterocycles. The molecule has 1 fully saturated rings. The molecule has 0 aliphatic carbocycles. The van der Waals surface area contributed by atoms with Crippen LogP contribution in [0.15, 0.2) is 48.8 Å². The molecule has 126 valence electrons. The average Bonchev–Trinajstić information content (AvgIpc) is 2.63. The van der Waals surface area contributed by atoms with Gasteiger partial charge in [0.05, 0.1) is 0 Å². The van der Waals surface area contributed by atoms with E-state index >= 15 is 0 Å². The number of halogens is 1. The highest BCUT2D eigenvalue weighted by Gasteiger charge is 2.24. The van der Waals surface area contributed by atoms with E-state index in [4.69, 9.17) is 16.3 Å². The van der Waals surface area contributed by atoms with E-state index < -0.39 is 0 Å². The minimum atomic E-state index is 0.100. The number of hydrogen-bond acceptors (Lipinski definition) is 3. The Bertz CT molecular complexity index is 670. The molecule has 0 atom stereocenters. The molecule has 3 rings (SSSR count). The van der Waals surface area contributed by atoms with E-state index in [-0.39, 0.29) is 12.0 Å². The molecule has 5 heteroatoms. The number of aromatic nitrogens is 1. The van der Waals surface area contributed by atoms with Gasteiger partial charge in [-0.2, -0.15) is 0 Å². The molecule has 0 bridgehead atoms. The summed E-state index contributed by atoms with van der Waals surface area (Å²) in [5.74, 6) is 0.889. The summed E-state index contributed by atoms with van der Waals surface area (Å²) >= 11 is 6.07. The number of ether oxygens (including phenoxy) is 1. The van der Waals surface area contributed by atoms with Crippen molar-refractivity contribution < 1.29 is 9.53 Å². The number of pyridine rings is 1. The Morgan fingerprint density at radius 2 is 1.96 bits per heavy atom. The van der Waals surface area contributed by atoms with E-state index in [0.717, 1.165) is 32.4 Å². The molecule has 2 aromatic rings. The second-order valence-electron chi connectivity index (χ2n) is 5.99. The molecular formula is C19H21ClN2O2. The smallest absolute Gasteiger partial charge is 0.222 e. The Labute approximate surface area is 147 Å². The van der Waals surface area contributed by atoms with Crippen LogP contribution in [0.25, 0.3) is 0 Å². The van der Waals surface area contributed by atoms with Crippen molar-refractivity contribution in [2.45, 2.75) is 31.8 Å². The van der Waals surface area contributed by atoms with Crippen molar-refractivity contribution in [2.24, 2.45) is 0 Å². The summed E-state index contributed by atoms with van der Waals surface area (Å²) in [5.41, 5.74) is 1.20. The lowest BCUT2D eigenvalue weighted by Crippen LogP contribution is -2.41. The lowest BCUT2D eigenvalue weighted by molar-refractivity contribution is -0.132. The zero-order chi connectivity index (χ0) is 16.8. The second kappa shape index (κ2) is 8.15. The molecule has 1 aromatic carbocycles. The van der Waals surface area contributed by atoms with Crippen LogP contribution in [0.4, 0.5) is 0 Å². The van der Waals surface area contributed by atoms with Crippen molar-refractivity contribution in [3.63, 3.8) is 0 Å². The van der Waals surface area contributed by atoms with Crippen molar-refractivity contribution in [2.75, 3.05) is 13.1 Å². The van der Waals surface area contributed by atoms with Crippen LogP contribution in [0.2, 0.25) is 5.02 Å². The molecule has 0 spiro atoms. The fourth-order valence-corrected chi connectivity index (χ4v) is 3.08. The van der Waals surface area contributed by atoms with Gasteiger partial charge in [0, 0.05) is 50.8 Å². The Balaban J connectivity index is 1.44. The molecule has 1 saturated heterocycles. The van der Waals surface area contributed by atoms with E-state index in [1.165, 1.54) is 5.56 Å². The van der Waals surface area contributed by atoms with Gasteiger partial charge in [0.25, 0.3) is 0 Å². The first-order valence-corrected chi connectivity index (χ1v) is 8.68. The number of likely N-dealkylation sites (tertiary alicyclic amines) is 1. The monoisotopic (exact) mass is 344 g/mol. The van der Waals surface area contributed by atoms with Gasteiger partial charge in [0.2, 0.25) is 5.91 Å². The predicted octanol–water partition coefficient (Wildman–Crippen LogP) is 3.74. The van der Waals surface area contributed by atoms with Gasteiger partial charge >= 0.3 is 0 Å². The first-order valence-electron chi connectivity index (χ1n) is 8.30. The van der Waals surface area contributed by atoms with Crippen LogP contribution in [0.1, 0.15) is 24.8 Å². The lowest BCUT2D eigenvalue weighted by atomic mass is 10.1. The third-order valence-electron chi connectivity index (χ3n) is 4.29. The van der Waals surface area contributed by atoms with Crippen LogP contribution in [0.5, 0.6) is 5.75 Å². The number of nitrogens with zero attached hydrogens (tertiary/aromatic N) is 2. The molecule has 24 heavy (non-hydrogen) atoms. The maximum Gasteiger partial charge on any atom is 0.222 e. The maximum absolute atomic E-state index is 12.3. The molecule has 4 nitrogen and oxygen atoms in total. The minimum absolute atomic E-state index is 0.100. The van der Waals surface area contributed by atoms with Gasteiger partial charge in [-0.05, 0) is 12.0 Å². The third-order valence-corrected chi connectivity index (χ3v) is 4.58. The summed E-state index contributed by atoms with van der Waals surface area (Å²) in [5, 5.41) is 0.527. The molecule has 2 heterocycles. The van der Waals surface area contributed by atoms with Crippen molar-refractivity contribution in [3.05, 3.63) is 59.4 Å². The van der Waals surface area contributed by atoms with Crippen LogP contribution in [-0.2, 0) is 11.2 Å². The normalized spacial score (nSPS) is 15.3. The third kappa shape index (κ3) is 4.48. The fourth-order valence-electron chi connectivity index (χ4n) is 2.91. The highest BCUT2D eigenvalue weighted by molar-refractivity contribution is 6.31. The fraction of sp³-hybridized carbons (Fsp3) is 0.368. The number of amides is 1. The molecule has 1 amide bonds. The lowest BCUT2D eigenvalue weighted by Gasteiger charge is -2.32. The molecule has 1 aromatic heterocycles. The van der Waals surface area contributed by atoms with E-state index in [1.807, 2.05) is 23.1 Å². The van der Waals surface area contributed by atoms with Crippen LogP contribution in [0.3, 0.4) is 0 Å². The standard InChI is InChI=1S/C19H21ClN2O2/c20-17-14-21-11-8-18(17)24-16-9-12-22(13-10-16)19(23)7-6-15-4-2-1-3-5-15/h1-5,8,11,14,16H,6-7,9-10,12-13H2. The molecular weight excluding hydrogens is 324 g/mol. The number of benzene rings is 1. The van der Waals surface area contributed by atoms with Gasteiger partial charge in [-0.25, -0.2) is 0 Å². The average molecular weight is 345 g/mol. The first kappa shape index (κ1) is 16.8. The summed E-state index contributed by atoms with van der Waals surface area (Å²) < 4.78 is 5.93. The van der Waals surface area contributed by atoms with Gasteiger partial charge in [0.15, 0.2) is 0 Å². The molecule has 0 radical (unpaired) electrons. The van der Waals surface area contributed by atoms with E-state index in [0.29, 0.717) is 17.2 Å². The Kier molecular flexibility index (Phi) is 5.70. The summed E-state index contributed by atoms with van der Waals surface area (Å²) in [6.07, 6.45) is 6.37. The van der Waals surface area contributed by atoms with Crippen molar-refractivity contribution in [3.8, 4) is 5.75 Å². The Morgan fingerprint density at radius 1 is 1.21 bits per heavy atom. The molecule has 0 N–H and O–H groups in total. The summed E-state index contributed by atoms with van der Waals surface area (Å²) in [6.45, 7) is 1.47. The minimum Gasteiger partial charge on any atom is -0.489 e. The summed E-state index contributed by atoms with van der Waals surface area (Å²) in [4.78, 5) is 18.2. The quantitative estimate of drug-likeness (QED) is 0.829. The first-order chi connectivity index (χ1) is 11.7. The van der Waals surface area contributed by atoms with Gasteiger partial charge < -0.3 is 9.64 Å². The van der Waals surface area contributed by atoms with Gasteiger partial charge in [-0.3, -0.25) is 9.78 Å².